The number of rotatable bonds is 7. The van der Waals surface area contributed by atoms with Gasteiger partial charge in [0.05, 0.1) is 0 Å². The maximum Gasteiger partial charge on any atom is 0.223 e. The van der Waals surface area contributed by atoms with E-state index in [4.69, 9.17) is 0 Å². The molecule has 1 heterocycles. The molecule has 1 aromatic rings. The van der Waals surface area contributed by atoms with Crippen molar-refractivity contribution in [2.75, 3.05) is 19.6 Å². The molecule has 2 rings (SSSR count). The van der Waals surface area contributed by atoms with Crippen molar-refractivity contribution in [1.82, 2.24) is 10.2 Å². The van der Waals surface area contributed by atoms with E-state index in [0.29, 0.717) is 36.9 Å². The van der Waals surface area contributed by atoms with E-state index >= 15 is 0 Å². The van der Waals surface area contributed by atoms with Crippen LogP contribution in [0.5, 0.6) is 0 Å². The molecule has 0 radical (unpaired) electrons. The lowest BCUT2D eigenvalue weighted by atomic mass is 9.85. The maximum absolute atomic E-state index is 13.8. The van der Waals surface area contributed by atoms with Crippen LogP contribution in [-0.2, 0) is 11.3 Å². The summed E-state index contributed by atoms with van der Waals surface area (Å²) in [6, 6.07) is 6.62. The first-order valence-electron chi connectivity index (χ1n) is 8.44. The van der Waals surface area contributed by atoms with Crippen LogP contribution >= 0.6 is 0 Å². The summed E-state index contributed by atoms with van der Waals surface area (Å²) < 4.78 is 13.8. The van der Waals surface area contributed by atoms with Gasteiger partial charge in [0, 0.05) is 25.1 Å². The van der Waals surface area contributed by atoms with Crippen molar-refractivity contribution in [3.8, 4) is 0 Å². The van der Waals surface area contributed by atoms with Crippen LogP contribution in [0.25, 0.3) is 0 Å². The van der Waals surface area contributed by atoms with Crippen molar-refractivity contribution < 1.29 is 9.18 Å². The number of carbonyl (C=O) groups is 1. The van der Waals surface area contributed by atoms with Crippen LogP contribution in [0.1, 0.15) is 31.7 Å². The fourth-order valence-electron chi connectivity index (χ4n) is 3.18. The van der Waals surface area contributed by atoms with Crippen LogP contribution in [0.4, 0.5) is 4.39 Å². The minimum Gasteiger partial charge on any atom is -0.335 e. The Hall–Kier alpha value is -1.68. The van der Waals surface area contributed by atoms with Gasteiger partial charge in [-0.25, -0.2) is 4.39 Å². The van der Waals surface area contributed by atoms with E-state index in [-0.39, 0.29) is 11.7 Å². The fraction of sp³-hybridized carbons (Fsp3) is 0.526. The lowest BCUT2D eigenvalue weighted by molar-refractivity contribution is -0.132. The number of nitrogens with one attached hydrogen (secondary N) is 1. The molecule has 4 heteroatoms. The Labute approximate surface area is 138 Å². The Balaban J connectivity index is 1.97. The summed E-state index contributed by atoms with van der Waals surface area (Å²) in [5, 5.41) is 3.40. The number of nitrogens with zero attached hydrogens (tertiary/aromatic N) is 1. The van der Waals surface area contributed by atoms with Gasteiger partial charge in [-0.3, -0.25) is 4.79 Å². The van der Waals surface area contributed by atoms with Crippen LogP contribution in [0, 0.1) is 17.7 Å². The van der Waals surface area contributed by atoms with Gasteiger partial charge in [-0.05, 0) is 43.8 Å². The third-order valence-electron chi connectivity index (χ3n) is 4.66. The van der Waals surface area contributed by atoms with Crippen LogP contribution in [0.15, 0.2) is 36.9 Å². The standard InChI is InChI=1S/C19H27FN2O/c1-3-11-22(14-17-7-4-5-9-18(17)20)19(23)12-15(2)16-8-6-10-21-13-16/h3-5,7,9,15-16,21H,1,6,8,10-14H2,2H3. The van der Waals surface area contributed by atoms with Gasteiger partial charge in [-0.15, -0.1) is 6.58 Å². The molecule has 0 bridgehead atoms. The molecule has 0 saturated carbocycles. The van der Waals surface area contributed by atoms with E-state index in [2.05, 4.69) is 18.8 Å². The molecule has 3 nitrogen and oxygen atoms in total. The van der Waals surface area contributed by atoms with Gasteiger partial charge in [0.15, 0.2) is 0 Å². The fourth-order valence-corrected chi connectivity index (χ4v) is 3.18. The quantitative estimate of drug-likeness (QED) is 0.782. The molecule has 1 aliphatic heterocycles. The van der Waals surface area contributed by atoms with Gasteiger partial charge in [0.1, 0.15) is 5.82 Å². The minimum atomic E-state index is -0.265. The average Bonchev–Trinajstić information content (AvgIpc) is 2.57. The Kier molecular flexibility index (Phi) is 6.78. The van der Waals surface area contributed by atoms with Gasteiger partial charge >= 0.3 is 0 Å². The van der Waals surface area contributed by atoms with Crippen molar-refractivity contribution in [2.24, 2.45) is 11.8 Å². The molecule has 1 aliphatic rings. The summed E-state index contributed by atoms with van der Waals surface area (Å²) in [6.07, 6.45) is 4.56. The zero-order chi connectivity index (χ0) is 16.7. The highest BCUT2D eigenvalue weighted by atomic mass is 19.1. The van der Waals surface area contributed by atoms with Crippen LogP contribution < -0.4 is 5.32 Å². The first-order chi connectivity index (χ1) is 11.1. The molecule has 126 valence electrons. The third-order valence-corrected chi connectivity index (χ3v) is 4.66. The number of halogens is 1. The molecule has 2 unspecified atom stereocenters. The second-order valence-corrected chi connectivity index (χ2v) is 6.44. The Morgan fingerprint density at radius 1 is 1.52 bits per heavy atom. The highest BCUT2D eigenvalue weighted by Gasteiger charge is 2.24. The summed E-state index contributed by atoms with van der Waals surface area (Å²) in [5.74, 6) is 0.695. The molecule has 1 N–H and O–H groups in total. The minimum absolute atomic E-state index is 0.0752. The Morgan fingerprint density at radius 3 is 2.96 bits per heavy atom. The Morgan fingerprint density at radius 2 is 2.30 bits per heavy atom. The van der Waals surface area contributed by atoms with Gasteiger partial charge < -0.3 is 10.2 Å². The molecule has 1 saturated heterocycles. The first-order valence-corrected chi connectivity index (χ1v) is 8.44. The molecule has 0 spiro atoms. The van der Waals surface area contributed by atoms with Gasteiger partial charge in [-0.2, -0.15) is 0 Å². The number of hydrogen-bond acceptors (Lipinski definition) is 2. The van der Waals surface area contributed by atoms with Crippen LogP contribution in [0.2, 0.25) is 0 Å². The second kappa shape index (κ2) is 8.82. The van der Waals surface area contributed by atoms with Crippen LogP contribution in [-0.4, -0.2) is 30.4 Å². The van der Waals surface area contributed by atoms with E-state index in [1.54, 1.807) is 29.2 Å². The second-order valence-electron chi connectivity index (χ2n) is 6.44. The first kappa shape index (κ1) is 17.7. The topological polar surface area (TPSA) is 32.3 Å². The number of carbonyl (C=O) groups excluding carboxylic acids is 1. The summed E-state index contributed by atoms with van der Waals surface area (Å²) in [6.45, 7) is 8.67. The van der Waals surface area contributed by atoms with Crippen molar-refractivity contribution >= 4 is 5.91 Å². The number of amides is 1. The van der Waals surface area contributed by atoms with E-state index in [9.17, 15) is 9.18 Å². The number of hydrogen-bond donors (Lipinski definition) is 1. The highest BCUT2D eigenvalue weighted by Crippen LogP contribution is 2.23. The summed E-state index contributed by atoms with van der Waals surface area (Å²) in [5.41, 5.74) is 0.551. The number of benzene rings is 1. The highest BCUT2D eigenvalue weighted by molar-refractivity contribution is 5.76. The average molecular weight is 318 g/mol. The normalized spacial score (nSPS) is 19.1. The predicted molar refractivity (Wildman–Crippen MR) is 91.4 cm³/mol. The van der Waals surface area contributed by atoms with Crippen LogP contribution in [0.3, 0.4) is 0 Å². The molecule has 1 aromatic carbocycles. The van der Waals surface area contributed by atoms with Gasteiger partial charge in [-0.1, -0.05) is 31.2 Å². The molecule has 2 atom stereocenters. The molecular weight excluding hydrogens is 291 g/mol. The zero-order valence-corrected chi connectivity index (χ0v) is 13.9. The van der Waals surface area contributed by atoms with Gasteiger partial charge in [0.2, 0.25) is 5.91 Å². The predicted octanol–water partition coefficient (Wildman–Crippen LogP) is 3.37. The number of piperidine rings is 1. The van der Waals surface area contributed by atoms with Crippen molar-refractivity contribution in [2.45, 2.75) is 32.7 Å². The van der Waals surface area contributed by atoms with Crippen molar-refractivity contribution in [3.63, 3.8) is 0 Å². The monoisotopic (exact) mass is 318 g/mol. The summed E-state index contributed by atoms with van der Waals surface area (Å²) in [4.78, 5) is 14.3. The van der Waals surface area contributed by atoms with E-state index in [1.165, 1.54) is 18.9 Å². The van der Waals surface area contributed by atoms with Gasteiger partial charge in [0.25, 0.3) is 0 Å². The molecule has 0 aliphatic carbocycles. The maximum atomic E-state index is 13.8. The molecule has 0 aromatic heterocycles. The molecule has 1 fully saturated rings. The lowest BCUT2D eigenvalue weighted by Gasteiger charge is -2.30. The third kappa shape index (κ3) is 5.17. The summed E-state index contributed by atoms with van der Waals surface area (Å²) >= 11 is 0. The van der Waals surface area contributed by atoms with Crippen molar-refractivity contribution in [3.05, 3.63) is 48.3 Å². The van der Waals surface area contributed by atoms with E-state index in [1.807, 2.05) is 0 Å². The molecule has 1 amide bonds. The van der Waals surface area contributed by atoms with E-state index < -0.39 is 0 Å². The zero-order valence-electron chi connectivity index (χ0n) is 13.9. The molecule has 23 heavy (non-hydrogen) atoms. The largest absolute Gasteiger partial charge is 0.335 e. The Bertz CT molecular complexity index is 526. The summed E-state index contributed by atoms with van der Waals surface area (Å²) in [7, 11) is 0. The van der Waals surface area contributed by atoms with E-state index in [0.717, 1.165) is 13.1 Å². The SMILES string of the molecule is C=CCN(Cc1ccccc1F)C(=O)CC(C)C1CCCNC1. The van der Waals surface area contributed by atoms with Crippen molar-refractivity contribution in [1.29, 1.82) is 0 Å². The lowest BCUT2D eigenvalue weighted by Crippen LogP contribution is -2.37. The smallest absolute Gasteiger partial charge is 0.223 e. The molecular formula is C19H27FN2O.